The molecular formula is C25H24FN3O2S. The fraction of sp³-hybridized carbons (Fsp3) is 0.240. The highest BCUT2D eigenvalue weighted by Gasteiger charge is 2.26. The van der Waals surface area contributed by atoms with Gasteiger partial charge in [0.05, 0.1) is 7.11 Å². The van der Waals surface area contributed by atoms with Crippen molar-refractivity contribution in [2.75, 3.05) is 38.2 Å². The van der Waals surface area contributed by atoms with Crippen LogP contribution in [0.5, 0.6) is 5.75 Å². The molecule has 0 N–H and O–H groups in total. The maximum absolute atomic E-state index is 13.5. The summed E-state index contributed by atoms with van der Waals surface area (Å²) in [6, 6.07) is 18.5. The first-order chi connectivity index (χ1) is 15.6. The number of halogens is 1. The number of piperazine rings is 1. The summed E-state index contributed by atoms with van der Waals surface area (Å²) in [5.74, 6) is 0.628. The minimum absolute atomic E-state index is 0.0462. The largest absolute Gasteiger partial charge is 0.497 e. The monoisotopic (exact) mass is 449 g/mol. The number of anilines is 1. The summed E-state index contributed by atoms with van der Waals surface area (Å²) in [6.07, 6.45) is 0. The molecule has 1 saturated heterocycles. The third-order valence-electron chi connectivity index (χ3n) is 5.98. The number of carbonyl (C=O) groups excluding carboxylic acids is 1. The number of rotatable bonds is 5. The first-order valence-corrected chi connectivity index (χ1v) is 11.5. The van der Waals surface area contributed by atoms with Gasteiger partial charge in [-0.05, 0) is 59.5 Å². The number of nitrogens with zero attached hydrogens (tertiary/aromatic N) is 3. The van der Waals surface area contributed by atoms with Gasteiger partial charge in [0.1, 0.15) is 22.1 Å². The third kappa shape index (κ3) is 3.96. The average molecular weight is 450 g/mol. The average Bonchev–Trinajstić information content (AvgIpc) is 3.43. The fourth-order valence-corrected chi connectivity index (χ4v) is 5.10. The second kappa shape index (κ2) is 8.67. The lowest BCUT2D eigenvalue weighted by Gasteiger charge is -2.36. The molecule has 0 spiro atoms. The second-order valence-electron chi connectivity index (χ2n) is 7.90. The Morgan fingerprint density at radius 1 is 1.00 bits per heavy atom. The molecule has 0 unspecified atom stereocenters. The second-order valence-corrected chi connectivity index (χ2v) is 8.80. The van der Waals surface area contributed by atoms with E-state index in [0.29, 0.717) is 25.3 Å². The molecule has 2 aromatic heterocycles. The van der Waals surface area contributed by atoms with Crippen molar-refractivity contribution in [3.05, 3.63) is 83.1 Å². The summed E-state index contributed by atoms with van der Waals surface area (Å²) in [7, 11) is 1.66. The molecule has 0 saturated carbocycles. The van der Waals surface area contributed by atoms with Crippen molar-refractivity contribution in [2.24, 2.45) is 0 Å². The Kier molecular flexibility index (Phi) is 5.57. The standard InChI is InChI=1S/C25H24FN3O2S/c1-31-22-8-6-21(7-9-22)27-11-13-28(14-12-27)24(30)23-16-19-10-15-32-25(19)29(23)17-18-2-4-20(26)5-3-18/h2-10,15-16H,11-14,17H2,1H3. The van der Waals surface area contributed by atoms with Crippen molar-refractivity contribution < 1.29 is 13.9 Å². The van der Waals surface area contributed by atoms with Crippen LogP contribution < -0.4 is 9.64 Å². The van der Waals surface area contributed by atoms with Crippen molar-refractivity contribution in [1.82, 2.24) is 9.47 Å². The number of aromatic nitrogens is 1. The summed E-state index contributed by atoms with van der Waals surface area (Å²) in [5, 5.41) is 3.10. The van der Waals surface area contributed by atoms with E-state index in [1.165, 1.54) is 12.1 Å². The Labute approximate surface area is 190 Å². The molecule has 0 aliphatic carbocycles. The van der Waals surface area contributed by atoms with Crippen LogP contribution in [0.2, 0.25) is 0 Å². The van der Waals surface area contributed by atoms with Crippen LogP contribution in [-0.4, -0.2) is 48.7 Å². The van der Waals surface area contributed by atoms with Crippen molar-refractivity contribution in [2.45, 2.75) is 6.54 Å². The van der Waals surface area contributed by atoms with E-state index in [4.69, 9.17) is 4.74 Å². The zero-order valence-corrected chi connectivity index (χ0v) is 18.6. The normalized spacial score (nSPS) is 14.2. The van der Waals surface area contributed by atoms with Crippen molar-refractivity contribution in [1.29, 1.82) is 0 Å². The van der Waals surface area contributed by atoms with E-state index in [0.717, 1.165) is 40.3 Å². The summed E-state index contributed by atoms with van der Waals surface area (Å²) < 4.78 is 20.6. The number of benzene rings is 2. The lowest BCUT2D eigenvalue weighted by molar-refractivity contribution is 0.0737. The zero-order valence-electron chi connectivity index (χ0n) is 17.8. The molecule has 0 radical (unpaired) electrons. The Morgan fingerprint density at radius 3 is 2.41 bits per heavy atom. The van der Waals surface area contributed by atoms with Crippen LogP contribution in [0, 0.1) is 5.82 Å². The minimum Gasteiger partial charge on any atom is -0.497 e. The maximum Gasteiger partial charge on any atom is 0.270 e. The first-order valence-electron chi connectivity index (χ1n) is 10.6. The molecule has 1 aliphatic heterocycles. The highest BCUT2D eigenvalue weighted by Crippen LogP contribution is 2.28. The molecule has 164 valence electrons. The third-order valence-corrected chi connectivity index (χ3v) is 6.93. The summed E-state index contributed by atoms with van der Waals surface area (Å²) in [5.41, 5.74) is 2.79. The number of amides is 1. The molecule has 5 rings (SSSR count). The van der Waals surface area contributed by atoms with Crippen molar-refractivity contribution >= 4 is 33.1 Å². The van der Waals surface area contributed by atoms with Crippen LogP contribution in [0.15, 0.2) is 66.0 Å². The number of carbonyl (C=O) groups is 1. The topological polar surface area (TPSA) is 37.7 Å². The molecule has 32 heavy (non-hydrogen) atoms. The van der Waals surface area contributed by atoms with Gasteiger partial charge < -0.3 is 19.1 Å². The van der Waals surface area contributed by atoms with Crippen molar-refractivity contribution in [3.8, 4) is 5.75 Å². The number of methoxy groups -OCH3 is 1. The van der Waals surface area contributed by atoms with Gasteiger partial charge in [0, 0.05) is 43.8 Å². The predicted molar refractivity (Wildman–Crippen MR) is 126 cm³/mol. The molecule has 0 atom stereocenters. The highest BCUT2D eigenvalue weighted by atomic mass is 32.1. The van der Waals surface area contributed by atoms with Crippen LogP contribution >= 0.6 is 11.3 Å². The van der Waals surface area contributed by atoms with Gasteiger partial charge >= 0.3 is 0 Å². The van der Waals surface area contributed by atoms with Crippen LogP contribution in [-0.2, 0) is 6.54 Å². The lowest BCUT2D eigenvalue weighted by Crippen LogP contribution is -2.49. The van der Waals surface area contributed by atoms with E-state index in [-0.39, 0.29) is 11.7 Å². The number of thiophene rings is 1. The smallest absolute Gasteiger partial charge is 0.270 e. The Morgan fingerprint density at radius 2 is 1.72 bits per heavy atom. The number of hydrogen-bond donors (Lipinski definition) is 0. The SMILES string of the molecule is COc1ccc(N2CCN(C(=O)c3cc4ccsc4n3Cc3ccc(F)cc3)CC2)cc1. The van der Waals surface area contributed by atoms with E-state index in [1.54, 1.807) is 30.6 Å². The number of fused-ring (bicyclic) bond motifs is 1. The molecule has 1 aliphatic rings. The fourth-order valence-electron chi connectivity index (χ4n) is 4.20. The predicted octanol–water partition coefficient (Wildman–Crippen LogP) is 4.86. The Hall–Kier alpha value is -3.32. The molecule has 1 fully saturated rings. The zero-order chi connectivity index (χ0) is 22.1. The molecular weight excluding hydrogens is 425 g/mol. The van der Waals surface area contributed by atoms with Crippen LogP contribution in [0.4, 0.5) is 10.1 Å². The summed E-state index contributed by atoms with van der Waals surface area (Å²) >= 11 is 1.62. The van der Waals surface area contributed by atoms with Crippen LogP contribution in [0.25, 0.3) is 10.2 Å². The molecule has 1 amide bonds. The molecule has 5 nitrogen and oxygen atoms in total. The number of hydrogen-bond acceptors (Lipinski definition) is 4. The summed E-state index contributed by atoms with van der Waals surface area (Å²) in [4.78, 5) is 18.8. The molecule has 2 aromatic carbocycles. The Bertz CT molecular complexity index is 1220. The Balaban J connectivity index is 1.33. The van der Waals surface area contributed by atoms with E-state index < -0.39 is 0 Å². The van der Waals surface area contributed by atoms with Gasteiger partial charge in [0.25, 0.3) is 5.91 Å². The first kappa shape index (κ1) is 20.6. The molecule has 0 bridgehead atoms. The summed E-state index contributed by atoms with van der Waals surface area (Å²) in [6.45, 7) is 3.44. The van der Waals surface area contributed by atoms with Crippen molar-refractivity contribution in [3.63, 3.8) is 0 Å². The highest BCUT2D eigenvalue weighted by molar-refractivity contribution is 7.16. The van der Waals surface area contributed by atoms with Gasteiger partial charge in [0.15, 0.2) is 0 Å². The van der Waals surface area contributed by atoms with Gasteiger partial charge in [-0.3, -0.25) is 4.79 Å². The minimum atomic E-state index is -0.256. The molecule has 3 heterocycles. The van der Waals surface area contributed by atoms with Gasteiger partial charge in [-0.1, -0.05) is 12.1 Å². The van der Waals surface area contributed by atoms with Gasteiger partial charge in [-0.25, -0.2) is 4.39 Å². The van der Waals surface area contributed by atoms with Gasteiger partial charge in [0.2, 0.25) is 0 Å². The van der Waals surface area contributed by atoms with Gasteiger partial charge in [-0.2, -0.15) is 0 Å². The van der Waals surface area contributed by atoms with Gasteiger partial charge in [-0.15, -0.1) is 11.3 Å². The van der Waals surface area contributed by atoms with E-state index >= 15 is 0 Å². The van der Waals surface area contributed by atoms with E-state index in [9.17, 15) is 9.18 Å². The maximum atomic E-state index is 13.5. The molecule has 4 aromatic rings. The van der Waals surface area contributed by atoms with E-state index in [2.05, 4.69) is 21.6 Å². The van der Waals surface area contributed by atoms with Crippen LogP contribution in [0.3, 0.4) is 0 Å². The van der Waals surface area contributed by atoms with Crippen LogP contribution in [0.1, 0.15) is 16.1 Å². The van der Waals surface area contributed by atoms with E-state index in [1.807, 2.05) is 34.5 Å². The quantitative estimate of drug-likeness (QED) is 0.437. The number of ether oxygens (including phenoxy) is 1. The lowest BCUT2D eigenvalue weighted by atomic mass is 10.2. The molecule has 7 heteroatoms.